The summed E-state index contributed by atoms with van der Waals surface area (Å²) in [4.78, 5) is 4.09. The van der Waals surface area contributed by atoms with Crippen molar-refractivity contribution in [3.05, 3.63) is 42.2 Å². The second-order valence-electron chi connectivity index (χ2n) is 4.20. The van der Waals surface area contributed by atoms with Crippen LogP contribution in [-0.4, -0.2) is 20.5 Å². The predicted molar refractivity (Wildman–Crippen MR) is 77.2 cm³/mol. The van der Waals surface area contributed by atoms with Crippen molar-refractivity contribution in [1.29, 1.82) is 0 Å². The lowest BCUT2D eigenvalue weighted by atomic mass is 10.3. The Hall–Kier alpha value is -2.28. The minimum Gasteiger partial charge on any atom is -0.495 e. The minimum atomic E-state index is -3.69. The maximum absolute atomic E-state index is 12.3. The number of nitrogens with one attached hydrogen (secondary N) is 1. The molecule has 0 spiro atoms. The molecule has 1 heterocycles. The summed E-state index contributed by atoms with van der Waals surface area (Å²) in [6, 6.07) is 7.52. The Balaban J connectivity index is 2.35. The summed E-state index contributed by atoms with van der Waals surface area (Å²) < 4.78 is 32.0. The fourth-order valence-corrected chi connectivity index (χ4v) is 2.75. The molecular weight excluding hydrogens is 278 g/mol. The summed E-state index contributed by atoms with van der Waals surface area (Å²) >= 11 is 0. The van der Waals surface area contributed by atoms with E-state index in [0.29, 0.717) is 17.1 Å². The summed E-state index contributed by atoms with van der Waals surface area (Å²) in [5.74, 6) is 0.318. The van der Waals surface area contributed by atoms with Gasteiger partial charge in [0.2, 0.25) is 0 Å². The fourth-order valence-electron chi connectivity index (χ4n) is 1.68. The number of nitrogens with two attached hydrogens (primary N) is 1. The molecular formula is C13H15N3O3S. The van der Waals surface area contributed by atoms with Crippen molar-refractivity contribution in [3.8, 4) is 5.75 Å². The van der Waals surface area contributed by atoms with Crippen LogP contribution in [0.3, 0.4) is 0 Å². The van der Waals surface area contributed by atoms with E-state index in [1.54, 1.807) is 19.1 Å². The molecule has 0 aliphatic carbocycles. The molecule has 1 aromatic carbocycles. The number of nitrogens with zero attached hydrogens (tertiary/aromatic N) is 1. The highest BCUT2D eigenvalue weighted by Crippen LogP contribution is 2.26. The van der Waals surface area contributed by atoms with Gasteiger partial charge in [-0.1, -0.05) is 0 Å². The van der Waals surface area contributed by atoms with Gasteiger partial charge in [0.25, 0.3) is 10.0 Å². The van der Waals surface area contributed by atoms with Crippen LogP contribution in [0.4, 0.5) is 11.4 Å². The third-order valence-electron chi connectivity index (χ3n) is 2.66. The van der Waals surface area contributed by atoms with E-state index in [1.165, 1.54) is 31.5 Å². The zero-order valence-electron chi connectivity index (χ0n) is 11.1. The quantitative estimate of drug-likeness (QED) is 0.838. The number of hydrogen-bond acceptors (Lipinski definition) is 5. The molecule has 0 fully saturated rings. The number of aromatic nitrogens is 1. The van der Waals surface area contributed by atoms with Crippen molar-refractivity contribution < 1.29 is 13.2 Å². The van der Waals surface area contributed by atoms with Gasteiger partial charge in [-0.05, 0) is 31.2 Å². The predicted octanol–water partition coefficient (Wildman–Crippen LogP) is 1.78. The Morgan fingerprint density at radius 1 is 1.25 bits per heavy atom. The SMILES string of the molecule is COc1cc(S(=O)(=O)Nc2ccnc(C)c2)ccc1N. The number of rotatable bonds is 4. The van der Waals surface area contributed by atoms with Crippen LogP contribution in [0.5, 0.6) is 5.75 Å². The van der Waals surface area contributed by atoms with Crippen molar-refractivity contribution >= 4 is 21.4 Å². The first-order valence-corrected chi connectivity index (χ1v) is 7.29. The number of anilines is 2. The molecule has 7 heteroatoms. The van der Waals surface area contributed by atoms with Crippen molar-refractivity contribution in [2.45, 2.75) is 11.8 Å². The van der Waals surface area contributed by atoms with Gasteiger partial charge >= 0.3 is 0 Å². The number of methoxy groups -OCH3 is 1. The summed E-state index contributed by atoms with van der Waals surface area (Å²) in [6.07, 6.45) is 1.54. The van der Waals surface area contributed by atoms with Gasteiger partial charge in [-0.2, -0.15) is 0 Å². The Bertz CT molecular complexity index is 729. The number of nitrogen functional groups attached to an aromatic ring is 1. The molecule has 0 aliphatic heterocycles. The summed E-state index contributed by atoms with van der Waals surface area (Å²) in [6.45, 7) is 1.78. The van der Waals surface area contributed by atoms with Gasteiger partial charge in [-0.3, -0.25) is 9.71 Å². The Morgan fingerprint density at radius 3 is 2.65 bits per heavy atom. The van der Waals surface area contributed by atoms with Crippen LogP contribution in [0, 0.1) is 6.92 Å². The third kappa shape index (κ3) is 3.00. The Labute approximate surface area is 117 Å². The lowest BCUT2D eigenvalue weighted by Crippen LogP contribution is -2.13. The highest BCUT2D eigenvalue weighted by atomic mass is 32.2. The van der Waals surface area contributed by atoms with E-state index >= 15 is 0 Å². The molecule has 3 N–H and O–H groups in total. The molecule has 0 saturated carbocycles. The average Bonchev–Trinajstić information content (AvgIpc) is 2.38. The van der Waals surface area contributed by atoms with E-state index in [1.807, 2.05) is 0 Å². The summed E-state index contributed by atoms with van der Waals surface area (Å²) in [5, 5.41) is 0. The number of benzene rings is 1. The molecule has 20 heavy (non-hydrogen) atoms. The van der Waals surface area contributed by atoms with E-state index in [9.17, 15) is 8.42 Å². The molecule has 6 nitrogen and oxygen atoms in total. The molecule has 0 unspecified atom stereocenters. The van der Waals surface area contributed by atoms with Gasteiger partial charge in [0.15, 0.2) is 0 Å². The summed E-state index contributed by atoms with van der Waals surface area (Å²) in [7, 11) is -2.26. The highest BCUT2D eigenvalue weighted by molar-refractivity contribution is 7.92. The lowest BCUT2D eigenvalue weighted by molar-refractivity contribution is 0.415. The van der Waals surface area contributed by atoms with Crippen LogP contribution in [0.15, 0.2) is 41.4 Å². The van der Waals surface area contributed by atoms with Gasteiger partial charge in [-0.15, -0.1) is 0 Å². The van der Waals surface area contributed by atoms with Gasteiger partial charge < -0.3 is 10.5 Å². The molecule has 2 aromatic rings. The van der Waals surface area contributed by atoms with Crippen molar-refractivity contribution in [2.24, 2.45) is 0 Å². The standard InChI is InChI=1S/C13H15N3O3S/c1-9-7-10(5-6-15-9)16-20(17,18)11-3-4-12(14)13(8-11)19-2/h3-8H,14H2,1-2H3,(H,15,16). The Morgan fingerprint density at radius 2 is 2.00 bits per heavy atom. The van der Waals surface area contributed by atoms with Crippen molar-refractivity contribution in [2.75, 3.05) is 17.6 Å². The van der Waals surface area contributed by atoms with E-state index in [2.05, 4.69) is 9.71 Å². The van der Waals surface area contributed by atoms with E-state index in [-0.39, 0.29) is 4.90 Å². The van der Waals surface area contributed by atoms with Crippen LogP contribution in [0.2, 0.25) is 0 Å². The van der Waals surface area contributed by atoms with E-state index in [4.69, 9.17) is 10.5 Å². The van der Waals surface area contributed by atoms with Crippen LogP contribution in [-0.2, 0) is 10.0 Å². The van der Waals surface area contributed by atoms with Crippen LogP contribution < -0.4 is 15.2 Å². The lowest BCUT2D eigenvalue weighted by Gasteiger charge is -2.10. The first-order chi connectivity index (χ1) is 9.42. The van der Waals surface area contributed by atoms with Gasteiger partial charge in [-0.25, -0.2) is 8.42 Å². The zero-order chi connectivity index (χ0) is 14.8. The van der Waals surface area contributed by atoms with E-state index < -0.39 is 10.0 Å². The fraction of sp³-hybridized carbons (Fsp3) is 0.154. The number of hydrogen-bond donors (Lipinski definition) is 2. The van der Waals surface area contributed by atoms with E-state index in [0.717, 1.165) is 5.69 Å². The smallest absolute Gasteiger partial charge is 0.262 e. The van der Waals surface area contributed by atoms with Crippen molar-refractivity contribution in [1.82, 2.24) is 4.98 Å². The van der Waals surface area contributed by atoms with Gasteiger partial charge in [0.1, 0.15) is 5.75 Å². The maximum Gasteiger partial charge on any atom is 0.262 e. The Kier molecular flexibility index (Phi) is 3.80. The molecule has 106 valence electrons. The summed E-state index contributed by atoms with van der Waals surface area (Å²) in [5.41, 5.74) is 7.22. The average molecular weight is 293 g/mol. The minimum absolute atomic E-state index is 0.0815. The molecule has 0 amide bonds. The van der Waals surface area contributed by atoms with Crippen LogP contribution in [0.1, 0.15) is 5.69 Å². The van der Waals surface area contributed by atoms with Crippen LogP contribution >= 0.6 is 0 Å². The monoisotopic (exact) mass is 293 g/mol. The molecule has 0 radical (unpaired) electrons. The van der Waals surface area contributed by atoms with Crippen molar-refractivity contribution in [3.63, 3.8) is 0 Å². The number of sulfonamides is 1. The number of ether oxygens (including phenoxy) is 1. The van der Waals surface area contributed by atoms with Crippen LogP contribution in [0.25, 0.3) is 0 Å². The highest BCUT2D eigenvalue weighted by Gasteiger charge is 2.16. The van der Waals surface area contributed by atoms with Gasteiger partial charge in [0.05, 0.1) is 23.4 Å². The second-order valence-corrected chi connectivity index (χ2v) is 5.88. The molecule has 2 rings (SSSR count). The first-order valence-electron chi connectivity index (χ1n) is 5.81. The molecule has 0 bridgehead atoms. The zero-order valence-corrected chi connectivity index (χ0v) is 11.9. The molecule has 0 atom stereocenters. The normalized spacial score (nSPS) is 11.1. The number of pyridine rings is 1. The van der Waals surface area contributed by atoms with Gasteiger partial charge in [0, 0.05) is 18.0 Å². The second kappa shape index (κ2) is 5.38. The maximum atomic E-state index is 12.3. The third-order valence-corrected chi connectivity index (χ3v) is 4.04. The molecule has 1 aromatic heterocycles. The topological polar surface area (TPSA) is 94.3 Å². The molecule has 0 aliphatic rings. The first kappa shape index (κ1) is 14.1. The molecule has 0 saturated heterocycles. The number of aryl methyl sites for hydroxylation is 1. The largest absolute Gasteiger partial charge is 0.495 e.